The highest BCUT2D eigenvalue weighted by molar-refractivity contribution is 9.10. The summed E-state index contributed by atoms with van der Waals surface area (Å²) >= 11 is 3.25. The molecule has 0 bridgehead atoms. The molecule has 0 fully saturated rings. The number of carbonyl (C=O) groups is 1. The molecule has 0 saturated heterocycles. The summed E-state index contributed by atoms with van der Waals surface area (Å²) in [5.41, 5.74) is 1.76. The minimum atomic E-state index is -0.413. The lowest BCUT2D eigenvalue weighted by atomic mass is 10.2. The Morgan fingerprint density at radius 3 is 2.74 bits per heavy atom. The van der Waals surface area contributed by atoms with Crippen molar-refractivity contribution in [2.45, 2.75) is 0 Å². The Bertz CT molecular complexity index is 975. The molecule has 0 aliphatic rings. The molecule has 2 aromatic carbocycles. The molecule has 1 heterocycles. The predicted octanol–water partition coefficient (Wildman–Crippen LogP) is 3.41. The number of rotatable bonds is 3. The van der Waals surface area contributed by atoms with Gasteiger partial charge in [0.05, 0.1) is 11.0 Å². The number of H-pyrrole nitrogens is 2. The molecule has 1 amide bonds. The second-order valence-corrected chi connectivity index (χ2v) is 5.74. The van der Waals surface area contributed by atoms with Crippen LogP contribution < -0.4 is 11.0 Å². The van der Waals surface area contributed by atoms with Crippen LogP contribution in [0.5, 0.6) is 0 Å². The number of halogens is 2. The Kier molecular flexibility index (Phi) is 4.12. The van der Waals surface area contributed by atoms with Gasteiger partial charge in [0.25, 0.3) is 0 Å². The highest BCUT2D eigenvalue weighted by Crippen LogP contribution is 2.17. The summed E-state index contributed by atoms with van der Waals surface area (Å²) in [5, 5.41) is 2.65. The monoisotopic (exact) mass is 375 g/mol. The van der Waals surface area contributed by atoms with E-state index < -0.39 is 11.7 Å². The molecular formula is C16H11BrFN3O2. The number of anilines is 1. The van der Waals surface area contributed by atoms with Crippen molar-refractivity contribution in [3.63, 3.8) is 0 Å². The zero-order valence-electron chi connectivity index (χ0n) is 11.7. The zero-order chi connectivity index (χ0) is 16.4. The molecule has 3 rings (SSSR count). The third-order valence-corrected chi connectivity index (χ3v) is 3.65. The number of aromatic nitrogens is 2. The van der Waals surface area contributed by atoms with E-state index in [0.29, 0.717) is 22.3 Å². The Morgan fingerprint density at radius 1 is 1.13 bits per heavy atom. The maximum absolute atomic E-state index is 13.6. The van der Waals surface area contributed by atoms with Crippen molar-refractivity contribution >= 4 is 44.6 Å². The van der Waals surface area contributed by atoms with Crippen LogP contribution in [-0.2, 0) is 4.79 Å². The molecule has 1 aromatic heterocycles. The average molecular weight is 376 g/mol. The Balaban J connectivity index is 1.76. The highest BCUT2D eigenvalue weighted by Gasteiger charge is 2.03. The number of carbonyl (C=O) groups excluding carboxylic acids is 1. The molecule has 0 atom stereocenters. The van der Waals surface area contributed by atoms with Gasteiger partial charge >= 0.3 is 5.69 Å². The van der Waals surface area contributed by atoms with Gasteiger partial charge in [0.2, 0.25) is 5.91 Å². The van der Waals surface area contributed by atoms with Crippen molar-refractivity contribution in [2.75, 3.05) is 5.32 Å². The Hall–Kier alpha value is -2.67. The molecule has 3 N–H and O–H groups in total. The number of imidazole rings is 1. The molecule has 5 nitrogen and oxygen atoms in total. The van der Waals surface area contributed by atoms with Gasteiger partial charge in [-0.25, -0.2) is 9.18 Å². The van der Waals surface area contributed by atoms with Crippen molar-refractivity contribution in [2.24, 2.45) is 0 Å². The second kappa shape index (κ2) is 6.21. The second-order valence-electron chi connectivity index (χ2n) is 4.83. The number of fused-ring (bicyclic) bond motifs is 1. The van der Waals surface area contributed by atoms with Crippen LogP contribution >= 0.6 is 15.9 Å². The lowest BCUT2D eigenvalue weighted by Crippen LogP contribution is -2.07. The summed E-state index contributed by atoms with van der Waals surface area (Å²) in [6.07, 6.45) is 2.64. The molecule has 0 spiro atoms. The van der Waals surface area contributed by atoms with Gasteiger partial charge in [-0.3, -0.25) is 4.79 Å². The van der Waals surface area contributed by atoms with E-state index in [9.17, 15) is 14.0 Å². The third kappa shape index (κ3) is 3.57. The quantitative estimate of drug-likeness (QED) is 0.613. The van der Waals surface area contributed by atoms with Crippen molar-refractivity contribution in [3.05, 3.63) is 68.8 Å². The van der Waals surface area contributed by atoms with Crippen LogP contribution in [-0.4, -0.2) is 15.9 Å². The van der Waals surface area contributed by atoms with Crippen molar-refractivity contribution < 1.29 is 9.18 Å². The summed E-state index contributed by atoms with van der Waals surface area (Å²) in [7, 11) is 0. The number of nitrogens with one attached hydrogen (secondary N) is 3. The van der Waals surface area contributed by atoms with E-state index in [4.69, 9.17) is 0 Å². The van der Waals surface area contributed by atoms with Crippen LogP contribution in [0.2, 0.25) is 0 Å². The summed E-state index contributed by atoms with van der Waals surface area (Å²) < 4.78 is 14.3. The summed E-state index contributed by atoms with van der Waals surface area (Å²) in [4.78, 5) is 28.3. The molecule has 116 valence electrons. The maximum atomic E-state index is 13.6. The van der Waals surface area contributed by atoms with Crippen LogP contribution in [0.3, 0.4) is 0 Å². The van der Waals surface area contributed by atoms with Gasteiger partial charge in [-0.2, -0.15) is 0 Å². The molecule has 0 saturated carbocycles. The normalized spacial score (nSPS) is 11.2. The first-order valence-electron chi connectivity index (χ1n) is 6.67. The first kappa shape index (κ1) is 15.2. The van der Waals surface area contributed by atoms with E-state index in [1.807, 2.05) is 0 Å². The fraction of sp³-hybridized carbons (Fsp3) is 0. The highest BCUT2D eigenvalue weighted by atomic mass is 79.9. The lowest BCUT2D eigenvalue weighted by Gasteiger charge is -2.02. The van der Waals surface area contributed by atoms with Gasteiger partial charge in [-0.15, -0.1) is 0 Å². The maximum Gasteiger partial charge on any atom is 0.323 e. The van der Waals surface area contributed by atoms with Crippen LogP contribution in [0.1, 0.15) is 5.56 Å². The van der Waals surface area contributed by atoms with E-state index in [2.05, 4.69) is 31.2 Å². The molecule has 0 radical (unpaired) electrons. The van der Waals surface area contributed by atoms with Gasteiger partial charge < -0.3 is 15.3 Å². The first-order chi connectivity index (χ1) is 11.0. The van der Waals surface area contributed by atoms with Gasteiger partial charge in [0, 0.05) is 21.8 Å². The average Bonchev–Trinajstić information content (AvgIpc) is 2.87. The van der Waals surface area contributed by atoms with Crippen molar-refractivity contribution in [3.8, 4) is 0 Å². The molecule has 7 heteroatoms. The topological polar surface area (TPSA) is 77.8 Å². The van der Waals surface area contributed by atoms with Gasteiger partial charge in [0.15, 0.2) is 0 Å². The van der Waals surface area contributed by atoms with Crippen LogP contribution in [0.15, 0.2) is 51.7 Å². The van der Waals surface area contributed by atoms with E-state index >= 15 is 0 Å². The number of aromatic amines is 2. The fourth-order valence-electron chi connectivity index (χ4n) is 2.10. The number of amides is 1. The van der Waals surface area contributed by atoms with E-state index in [1.54, 1.807) is 30.3 Å². The third-order valence-electron chi connectivity index (χ3n) is 3.16. The smallest absolute Gasteiger partial charge is 0.322 e. The van der Waals surface area contributed by atoms with Crippen molar-refractivity contribution in [1.29, 1.82) is 0 Å². The minimum Gasteiger partial charge on any atom is -0.322 e. The molecule has 0 aliphatic carbocycles. The van der Waals surface area contributed by atoms with E-state index in [-0.39, 0.29) is 5.69 Å². The molecule has 3 aromatic rings. The zero-order valence-corrected chi connectivity index (χ0v) is 13.3. The molecule has 0 unspecified atom stereocenters. The van der Waals surface area contributed by atoms with Gasteiger partial charge in [-0.1, -0.05) is 15.9 Å². The van der Waals surface area contributed by atoms with Gasteiger partial charge in [0.1, 0.15) is 5.82 Å². The number of benzene rings is 2. The standard InChI is InChI=1S/C16H11BrFN3O2/c17-10-2-4-12(18)9(7-10)1-6-15(22)19-11-3-5-13-14(8-11)21-16(23)20-13/h1-8H,(H,19,22)(H2,20,21,23)/b6-1+. The van der Waals surface area contributed by atoms with Crippen LogP contribution in [0.4, 0.5) is 10.1 Å². The van der Waals surface area contributed by atoms with Crippen LogP contribution in [0, 0.1) is 5.82 Å². The van der Waals surface area contributed by atoms with Crippen LogP contribution in [0.25, 0.3) is 17.1 Å². The van der Waals surface area contributed by atoms with Crippen molar-refractivity contribution in [1.82, 2.24) is 9.97 Å². The van der Waals surface area contributed by atoms with E-state index in [0.717, 1.165) is 4.47 Å². The van der Waals surface area contributed by atoms with E-state index in [1.165, 1.54) is 18.2 Å². The van der Waals surface area contributed by atoms with Gasteiger partial charge in [-0.05, 0) is 42.5 Å². The number of hydrogen-bond donors (Lipinski definition) is 3. The Labute approximate surface area is 138 Å². The minimum absolute atomic E-state index is 0.306. The largest absolute Gasteiger partial charge is 0.323 e. The summed E-state index contributed by atoms with van der Waals surface area (Å²) in [6, 6.07) is 9.46. The number of hydrogen-bond acceptors (Lipinski definition) is 2. The summed E-state index contributed by atoms with van der Waals surface area (Å²) in [5.74, 6) is -0.815. The molecule has 23 heavy (non-hydrogen) atoms. The molecule has 0 aliphatic heterocycles. The SMILES string of the molecule is O=C(/C=C/c1cc(Br)ccc1F)Nc1ccc2[nH]c(=O)[nH]c2c1. The fourth-order valence-corrected chi connectivity index (χ4v) is 2.48. The Morgan fingerprint density at radius 2 is 1.91 bits per heavy atom. The predicted molar refractivity (Wildman–Crippen MR) is 90.7 cm³/mol. The molecular weight excluding hydrogens is 365 g/mol. The first-order valence-corrected chi connectivity index (χ1v) is 7.47. The lowest BCUT2D eigenvalue weighted by molar-refractivity contribution is -0.111. The summed E-state index contributed by atoms with van der Waals surface area (Å²) in [6.45, 7) is 0.